The number of hydrogen-bond donors (Lipinski definition) is 1. The van der Waals surface area contributed by atoms with Crippen molar-refractivity contribution in [2.75, 3.05) is 36.4 Å². The molecule has 0 unspecified atom stereocenters. The molecule has 2 heterocycles. The smallest absolute Gasteiger partial charge is 0.368 e. The highest BCUT2D eigenvalue weighted by molar-refractivity contribution is 5.99. The summed E-state index contributed by atoms with van der Waals surface area (Å²) in [4.78, 5) is 31.7. The summed E-state index contributed by atoms with van der Waals surface area (Å²) in [6.45, 7) is 4.11. The molecule has 1 aromatic heterocycles. The van der Waals surface area contributed by atoms with Crippen molar-refractivity contribution in [2.24, 2.45) is 0 Å². The van der Waals surface area contributed by atoms with Gasteiger partial charge in [-0.2, -0.15) is 13.2 Å². The number of nitro groups is 1. The SMILES string of the molecule is C[C@@H](C(=O)Nc1ccc(C(F)(F)F)cc1)N1CCN(c2ccc([N+](=O)[O-])c3cnccc23)CC1. The van der Waals surface area contributed by atoms with E-state index in [-0.39, 0.29) is 11.6 Å². The van der Waals surface area contributed by atoms with E-state index in [1.165, 1.54) is 24.4 Å². The van der Waals surface area contributed by atoms with Crippen LogP contribution in [0.25, 0.3) is 10.8 Å². The Kier molecular flexibility index (Phi) is 6.38. The summed E-state index contributed by atoms with van der Waals surface area (Å²) in [5.74, 6) is -0.305. The third kappa shape index (κ3) is 4.79. The van der Waals surface area contributed by atoms with Crippen molar-refractivity contribution in [2.45, 2.75) is 19.1 Å². The van der Waals surface area contributed by atoms with Crippen molar-refractivity contribution < 1.29 is 22.9 Å². The molecule has 1 aliphatic rings. The van der Waals surface area contributed by atoms with Gasteiger partial charge in [-0.3, -0.25) is 24.8 Å². The molecule has 178 valence electrons. The van der Waals surface area contributed by atoms with Crippen LogP contribution in [0.5, 0.6) is 0 Å². The van der Waals surface area contributed by atoms with E-state index in [1.54, 1.807) is 25.3 Å². The highest BCUT2D eigenvalue weighted by Gasteiger charge is 2.30. The molecule has 11 heteroatoms. The number of halogens is 3. The maximum absolute atomic E-state index is 12.7. The topological polar surface area (TPSA) is 91.6 Å². The zero-order valence-electron chi connectivity index (χ0n) is 18.2. The Morgan fingerprint density at radius 1 is 1.06 bits per heavy atom. The monoisotopic (exact) mass is 473 g/mol. The molecular weight excluding hydrogens is 451 g/mol. The quantitative estimate of drug-likeness (QED) is 0.439. The Hall–Kier alpha value is -3.73. The van der Waals surface area contributed by atoms with Crippen LogP contribution in [0.15, 0.2) is 54.9 Å². The lowest BCUT2D eigenvalue weighted by Gasteiger charge is -2.38. The number of alkyl halides is 3. The molecule has 8 nitrogen and oxygen atoms in total. The van der Waals surface area contributed by atoms with Crippen LogP contribution in [0, 0.1) is 10.1 Å². The summed E-state index contributed by atoms with van der Waals surface area (Å²) >= 11 is 0. The molecule has 1 saturated heterocycles. The summed E-state index contributed by atoms with van der Waals surface area (Å²) in [6.07, 6.45) is -1.35. The number of pyridine rings is 1. The summed E-state index contributed by atoms with van der Waals surface area (Å²) in [7, 11) is 0. The van der Waals surface area contributed by atoms with E-state index >= 15 is 0 Å². The molecule has 1 fully saturated rings. The molecule has 0 aliphatic carbocycles. The van der Waals surface area contributed by atoms with Gasteiger partial charge in [0.2, 0.25) is 5.91 Å². The van der Waals surface area contributed by atoms with Gasteiger partial charge in [0.15, 0.2) is 0 Å². The predicted octanol–water partition coefficient (Wildman–Crippen LogP) is 4.31. The average Bonchev–Trinajstić information content (AvgIpc) is 2.82. The number of nitrogens with one attached hydrogen (secondary N) is 1. The van der Waals surface area contributed by atoms with E-state index in [2.05, 4.69) is 15.2 Å². The minimum absolute atomic E-state index is 0.000884. The van der Waals surface area contributed by atoms with Gasteiger partial charge in [0.1, 0.15) is 0 Å². The first-order valence-corrected chi connectivity index (χ1v) is 10.6. The van der Waals surface area contributed by atoms with E-state index in [0.29, 0.717) is 37.3 Å². The molecule has 2 aromatic carbocycles. The lowest BCUT2D eigenvalue weighted by Crippen LogP contribution is -2.52. The second-order valence-electron chi connectivity index (χ2n) is 8.05. The number of amides is 1. The van der Waals surface area contributed by atoms with Gasteiger partial charge in [-0.1, -0.05) is 0 Å². The molecule has 0 saturated carbocycles. The molecule has 4 rings (SSSR count). The van der Waals surface area contributed by atoms with Gasteiger partial charge < -0.3 is 10.2 Å². The van der Waals surface area contributed by atoms with E-state index in [9.17, 15) is 28.1 Å². The van der Waals surface area contributed by atoms with Gasteiger partial charge in [0, 0.05) is 61.4 Å². The van der Waals surface area contributed by atoms with Crippen molar-refractivity contribution in [3.05, 3.63) is 70.5 Å². The number of nitrogens with zero attached hydrogens (tertiary/aromatic N) is 4. The molecule has 1 aliphatic heterocycles. The largest absolute Gasteiger partial charge is 0.416 e. The Morgan fingerprint density at radius 3 is 2.35 bits per heavy atom. The molecule has 3 aromatic rings. The first kappa shape index (κ1) is 23.4. The highest BCUT2D eigenvalue weighted by atomic mass is 19.4. The van der Waals surface area contributed by atoms with E-state index in [4.69, 9.17) is 0 Å². The van der Waals surface area contributed by atoms with Gasteiger partial charge in [-0.15, -0.1) is 0 Å². The summed E-state index contributed by atoms with van der Waals surface area (Å²) in [6, 6.07) is 8.82. The number of aromatic nitrogens is 1. The van der Waals surface area contributed by atoms with Crippen LogP contribution >= 0.6 is 0 Å². The van der Waals surface area contributed by atoms with Gasteiger partial charge in [0.25, 0.3) is 5.69 Å². The average molecular weight is 473 g/mol. The Balaban J connectivity index is 1.40. The molecular formula is C23H22F3N5O3. The number of nitro benzene ring substituents is 1. The van der Waals surface area contributed by atoms with E-state index in [0.717, 1.165) is 23.2 Å². The molecule has 0 spiro atoms. The maximum Gasteiger partial charge on any atom is 0.416 e. The number of hydrogen-bond acceptors (Lipinski definition) is 6. The number of benzene rings is 2. The minimum Gasteiger partial charge on any atom is -0.368 e. The molecule has 0 bridgehead atoms. The fraction of sp³-hybridized carbons (Fsp3) is 0.304. The summed E-state index contributed by atoms with van der Waals surface area (Å²) in [5, 5.41) is 15.2. The van der Waals surface area contributed by atoms with Crippen molar-refractivity contribution in [3.63, 3.8) is 0 Å². The molecule has 34 heavy (non-hydrogen) atoms. The number of anilines is 2. The van der Waals surface area contributed by atoms with E-state index < -0.39 is 22.7 Å². The van der Waals surface area contributed by atoms with E-state index in [1.807, 2.05) is 4.90 Å². The van der Waals surface area contributed by atoms with Gasteiger partial charge in [-0.05, 0) is 43.3 Å². The fourth-order valence-corrected chi connectivity index (χ4v) is 4.10. The van der Waals surface area contributed by atoms with Crippen LogP contribution in [-0.4, -0.2) is 52.9 Å². The number of rotatable bonds is 5. The minimum atomic E-state index is -4.43. The highest BCUT2D eigenvalue weighted by Crippen LogP contribution is 2.33. The Morgan fingerprint density at radius 2 is 1.74 bits per heavy atom. The molecule has 0 radical (unpaired) electrons. The summed E-state index contributed by atoms with van der Waals surface area (Å²) < 4.78 is 38.2. The third-order valence-corrected chi connectivity index (χ3v) is 6.03. The second kappa shape index (κ2) is 9.26. The zero-order valence-corrected chi connectivity index (χ0v) is 18.2. The normalized spacial score (nSPS) is 15.8. The standard InChI is InChI=1S/C23H22F3N5O3/c1-15(22(32)28-17-4-2-16(3-5-17)23(24,25)26)29-10-12-30(13-11-29)20-6-7-21(31(33)34)19-14-27-9-8-18(19)20/h2-9,14-15H,10-13H2,1H3,(H,28,32)/t15-/m0/s1. The lowest BCUT2D eigenvalue weighted by molar-refractivity contribution is -0.383. The van der Waals surface area contributed by atoms with Crippen molar-refractivity contribution in [1.82, 2.24) is 9.88 Å². The van der Waals surface area contributed by atoms with Crippen molar-refractivity contribution in [1.29, 1.82) is 0 Å². The number of piperazine rings is 1. The molecule has 1 N–H and O–H groups in total. The Labute approximate surface area is 193 Å². The van der Waals surface area contributed by atoms with Crippen LogP contribution in [0.4, 0.5) is 30.2 Å². The van der Waals surface area contributed by atoms with Gasteiger partial charge in [0.05, 0.1) is 21.9 Å². The predicted molar refractivity (Wildman–Crippen MR) is 122 cm³/mol. The van der Waals surface area contributed by atoms with Crippen molar-refractivity contribution >= 4 is 33.7 Å². The fourth-order valence-electron chi connectivity index (χ4n) is 4.10. The third-order valence-electron chi connectivity index (χ3n) is 6.03. The number of fused-ring (bicyclic) bond motifs is 1. The van der Waals surface area contributed by atoms with Crippen LogP contribution < -0.4 is 10.2 Å². The summed E-state index contributed by atoms with van der Waals surface area (Å²) in [5.41, 5.74) is 0.391. The zero-order chi connectivity index (χ0) is 24.5. The molecule has 1 atom stereocenters. The molecule has 1 amide bonds. The second-order valence-corrected chi connectivity index (χ2v) is 8.05. The number of non-ortho nitro benzene ring substituents is 1. The first-order valence-electron chi connectivity index (χ1n) is 10.6. The Bertz CT molecular complexity index is 1210. The maximum atomic E-state index is 12.7. The van der Waals surface area contributed by atoms with Crippen LogP contribution in [0.2, 0.25) is 0 Å². The van der Waals surface area contributed by atoms with Crippen LogP contribution in [0.1, 0.15) is 12.5 Å². The first-order chi connectivity index (χ1) is 16.1. The lowest BCUT2D eigenvalue weighted by atomic mass is 10.1. The van der Waals surface area contributed by atoms with Gasteiger partial charge in [-0.25, -0.2) is 0 Å². The van der Waals surface area contributed by atoms with Crippen LogP contribution in [0.3, 0.4) is 0 Å². The van der Waals surface area contributed by atoms with Gasteiger partial charge >= 0.3 is 6.18 Å². The van der Waals surface area contributed by atoms with Crippen molar-refractivity contribution in [3.8, 4) is 0 Å². The number of carbonyl (C=O) groups is 1. The van der Waals surface area contributed by atoms with Crippen LogP contribution in [-0.2, 0) is 11.0 Å². The number of carbonyl (C=O) groups excluding carboxylic acids is 1.